The second-order valence-electron chi connectivity index (χ2n) is 9.41. The van der Waals surface area contributed by atoms with Crippen molar-refractivity contribution in [3.05, 3.63) is 46.7 Å². The van der Waals surface area contributed by atoms with Crippen LogP contribution in [0, 0.1) is 0 Å². The maximum atomic E-state index is 12.8. The standard InChI is InChI=1S/C23H25ClN8O3S/c1-23(2,3)35-22(34)31-8-6-13(12-31)32-9-7-18(30-32)27-21-25-11-17(36-21)20(33)28-19-14-10-26-29-16(14)5-4-15(19)24/h4-5,7,9-11,13H,6,8,12H2,1-3H3,(H,26,29)(H,28,33)(H,25,27,30)/t13-/m1/s1. The fourth-order valence-corrected chi connectivity index (χ4v) is 4.83. The molecule has 0 bridgehead atoms. The third kappa shape index (κ3) is 5.14. The van der Waals surface area contributed by atoms with Gasteiger partial charge in [0.15, 0.2) is 10.9 Å². The summed E-state index contributed by atoms with van der Waals surface area (Å²) in [4.78, 5) is 31.6. The normalized spacial score (nSPS) is 15.9. The fourth-order valence-electron chi connectivity index (χ4n) is 3.90. The number of amides is 2. The first kappa shape index (κ1) is 24.1. The number of aromatic nitrogens is 5. The lowest BCUT2D eigenvalue weighted by Crippen LogP contribution is -2.35. The summed E-state index contributed by atoms with van der Waals surface area (Å²) < 4.78 is 7.30. The van der Waals surface area contributed by atoms with Crippen molar-refractivity contribution in [2.75, 3.05) is 23.7 Å². The van der Waals surface area contributed by atoms with Gasteiger partial charge in [0.2, 0.25) is 0 Å². The van der Waals surface area contributed by atoms with Crippen LogP contribution in [0.5, 0.6) is 0 Å². The lowest BCUT2D eigenvalue weighted by Gasteiger charge is -2.24. The van der Waals surface area contributed by atoms with E-state index in [9.17, 15) is 9.59 Å². The van der Waals surface area contributed by atoms with E-state index in [-0.39, 0.29) is 18.0 Å². The van der Waals surface area contributed by atoms with Crippen LogP contribution in [0.2, 0.25) is 5.02 Å². The van der Waals surface area contributed by atoms with Gasteiger partial charge in [0.25, 0.3) is 5.91 Å². The Bertz CT molecular complexity index is 1420. The molecule has 3 N–H and O–H groups in total. The van der Waals surface area contributed by atoms with Crippen LogP contribution in [0.1, 0.15) is 42.9 Å². The molecule has 0 aliphatic carbocycles. The van der Waals surface area contributed by atoms with Crippen LogP contribution < -0.4 is 10.6 Å². The van der Waals surface area contributed by atoms with E-state index in [2.05, 4.69) is 30.9 Å². The molecule has 11 nitrogen and oxygen atoms in total. The number of halogens is 1. The van der Waals surface area contributed by atoms with Crippen molar-refractivity contribution in [3.63, 3.8) is 0 Å². The van der Waals surface area contributed by atoms with Crippen molar-refractivity contribution >= 4 is 62.5 Å². The minimum Gasteiger partial charge on any atom is -0.444 e. The molecular weight excluding hydrogens is 504 g/mol. The summed E-state index contributed by atoms with van der Waals surface area (Å²) in [6.45, 7) is 6.71. The Hall–Kier alpha value is -3.64. The summed E-state index contributed by atoms with van der Waals surface area (Å²) in [5.41, 5.74) is 0.736. The number of thiazole rings is 1. The average Bonchev–Trinajstić information content (AvgIpc) is 3.61. The molecule has 188 valence electrons. The smallest absolute Gasteiger partial charge is 0.410 e. The number of hydrogen-bond acceptors (Lipinski definition) is 8. The van der Waals surface area contributed by atoms with Crippen LogP contribution in [0.4, 0.5) is 21.4 Å². The van der Waals surface area contributed by atoms with Crippen molar-refractivity contribution in [2.24, 2.45) is 0 Å². The number of nitrogens with zero attached hydrogens (tertiary/aromatic N) is 5. The number of hydrogen-bond donors (Lipinski definition) is 3. The zero-order valence-corrected chi connectivity index (χ0v) is 21.5. The van der Waals surface area contributed by atoms with Crippen LogP contribution in [-0.4, -0.2) is 60.6 Å². The van der Waals surface area contributed by atoms with E-state index in [0.29, 0.717) is 39.6 Å². The molecule has 0 radical (unpaired) electrons. The Balaban J connectivity index is 1.21. The Morgan fingerprint density at radius 2 is 2.08 bits per heavy atom. The molecule has 1 saturated heterocycles. The summed E-state index contributed by atoms with van der Waals surface area (Å²) in [7, 11) is 0. The number of H-pyrrole nitrogens is 1. The van der Waals surface area contributed by atoms with Crippen LogP contribution in [0.15, 0.2) is 36.8 Å². The van der Waals surface area contributed by atoms with Gasteiger partial charge in [-0.3, -0.25) is 14.6 Å². The van der Waals surface area contributed by atoms with Gasteiger partial charge in [-0.25, -0.2) is 9.78 Å². The molecule has 0 spiro atoms. The molecule has 1 aliphatic heterocycles. The minimum absolute atomic E-state index is 0.0566. The predicted molar refractivity (Wildman–Crippen MR) is 138 cm³/mol. The van der Waals surface area contributed by atoms with Gasteiger partial charge in [0, 0.05) is 30.7 Å². The number of nitrogens with one attached hydrogen (secondary N) is 3. The molecule has 0 saturated carbocycles. The van der Waals surface area contributed by atoms with E-state index in [1.165, 1.54) is 17.5 Å². The highest BCUT2D eigenvalue weighted by Crippen LogP contribution is 2.31. The highest BCUT2D eigenvalue weighted by atomic mass is 35.5. The van der Waals surface area contributed by atoms with E-state index in [1.807, 2.05) is 37.7 Å². The molecule has 4 heterocycles. The number of benzene rings is 1. The molecule has 1 atom stereocenters. The molecule has 3 aromatic heterocycles. The molecule has 5 rings (SSSR count). The van der Waals surface area contributed by atoms with Crippen LogP contribution >= 0.6 is 22.9 Å². The van der Waals surface area contributed by atoms with Gasteiger partial charge in [-0.2, -0.15) is 10.2 Å². The number of carbonyl (C=O) groups excluding carboxylic acids is 2. The van der Waals surface area contributed by atoms with E-state index >= 15 is 0 Å². The molecule has 13 heteroatoms. The highest BCUT2D eigenvalue weighted by Gasteiger charge is 2.31. The molecule has 1 fully saturated rings. The minimum atomic E-state index is -0.528. The van der Waals surface area contributed by atoms with Gasteiger partial charge in [-0.15, -0.1) is 0 Å². The summed E-state index contributed by atoms with van der Waals surface area (Å²) in [6.07, 6.45) is 5.45. The zero-order valence-electron chi connectivity index (χ0n) is 19.9. The monoisotopic (exact) mass is 528 g/mol. The number of fused-ring (bicyclic) bond motifs is 1. The van der Waals surface area contributed by atoms with Crippen LogP contribution in [0.3, 0.4) is 0 Å². The lowest BCUT2D eigenvalue weighted by atomic mass is 10.2. The first-order chi connectivity index (χ1) is 17.2. The molecule has 0 unspecified atom stereocenters. The van der Waals surface area contributed by atoms with Crippen molar-refractivity contribution in [3.8, 4) is 0 Å². The second kappa shape index (κ2) is 9.43. The van der Waals surface area contributed by atoms with Crippen molar-refractivity contribution in [1.29, 1.82) is 0 Å². The van der Waals surface area contributed by atoms with E-state index in [4.69, 9.17) is 16.3 Å². The van der Waals surface area contributed by atoms with Crippen molar-refractivity contribution in [1.82, 2.24) is 29.9 Å². The maximum absolute atomic E-state index is 12.8. The largest absolute Gasteiger partial charge is 0.444 e. The summed E-state index contributed by atoms with van der Waals surface area (Å²) >= 11 is 7.49. The average molecular weight is 529 g/mol. The van der Waals surface area contributed by atoms with Crippen molar-refractivity contribution < 1.29 is 14.3 Å². The SMILES string of the molecule is CC(C)(C)OC(=O)N1CC[C@@H](n2ccc(Nc3ncc(C(=O)Nc4c(Cl)ccc5[nH]ncc45)s3)n2)C1. The third-order valence-electron chi connectivity index (χ3n) is 5.57. The number of ether oxygens (including phenoxy) is 1. The Morgan fingerprint density at radius 3 is 2.89 bits per heavy atom. The maximum Gasteiger partial charge on any atom is 0.410 e. The topological polar surface area (TPSA) is 130 Å². The summed E-state index contributed by atoms with van der Waals surface area (Å²) in [5.74, 6) is 0.271. The predicted octanol–water partition coefficient (Wildman–Crippen LogP) is 5.05. The van der Waals surface area contributed by atoms with Gasteiger partial charge in [-0.1, -0.05) is 22.9 Å². The number of anilines is 3. The number of carbonyl (C=O) groups is 2. The lowest BCUT2D eigenvalue weighted by molar-refractivity contribution is 0.0288. The second-order valence-corrected chi connectivity index (χ2v) is 10.9. The fraction of sp³-hybridized carbons (Fsp3) is 0.348. The first-order valence-corrected chi connectivity index (χ1v) is 12.5. The third-order valence-corrected chi connectivity index (χ3v) is 6.80. The van der Waals surface area contributed by atoms with Gasteiger partial charge in [0.1, 0.15) is 10.5 Å². The molecule has 1 aromatic carbocycles. The van der Waals surface area contributed by atoms with E-state index in [0.717, 1.165) is 17.3 Å². The van der Waals surface area contributed by atoms with E-state index < -0.39 is 5.60 Å². The molecule has 36 heavy (non-hydrogen) atoms. The molecular formula is C23H25ClN8O3S. The number of likely N-dealkylation sites (tertiary alicyclic amines) is 1. The molecule has 2 amide bonds. The summed E-state index contributed by atoms with van der Waals surface area (Å²) in [6, 6.07) is 5.39. The van der Waals surface area contributed by atoms with Gasteiger partial charge >= 0.3 is 6.09 Å². The quantitative estimate of drug-likeness (QED) is 0.330. The van der Waals surface area contributed by atoms with Gasteiger partial charge in [0.05, 0.1) is 34.7 Å². The van der Waals surface area contributed by atoms with Crippen molar-refractivity contribution in [2.45, 2.75) is 38.8 Å². The Labute approximate surface area is 215 Å². The van der Waals surface area contributed by atoms with Crippen LogP contribution in [-0.2, 0) is 4.74 Å². The van der Waals surface area contributed by atoms with Gasteiger partial charge < -0.3 is 20.3 Å². The zero-order chi connectivity index (χ0) is 25.4. The first-order valence-electron chi connectivity index (χ1n) is 11.3. The Morgan fingerprint density at radius 1 is 1.25 bits per heavy atom. The summed E-state index contributed by atoms with van der Waals surface area (Å²) in [5, 5.41) is 19.1. The van der Waals surface area contributed by atoms with Gasteiger partial charge in [-0.05, 0) is 39.3 Å². The molecule has 4 aromatic rings. The Kier molecular flexibility index (Phi) is 6.31. The van der Waals surface area contributed by atoms with Crippen LogP contribution in [0.25, 0.3) is 10.9 Å². The molecule has 1 aliphatic rings. The highest BCUT2D eigenvalue weighted by molar-refractivity contribution is 7.17. The number of aromatic amines is 1. The number of rotatable bonds is 5. The van der Waals surface area contributed by atoms with E-state index in [1.54, 1.807) is 23.2 Å².